The van der Waals surface area contributed by atoms with Crippen LogP contribution in [0.3, 0.4) is 0 Å². The van der Waals surface area contributed by atoms with Gasteiger partial charge in [0.1, 0.15) is 0 Å². The Labute approximate surface area is 152 Å². The minimum atomic E-state index is -0.213. The summed E-state index contributed by atoms with van der Waals surface area (Å²) in [5, 5.41) is 4.26. The number of aromatic amines is 1. The molecule has 0 saturated heterocycles. The first-order chi connectivity index (χ1) is 12.5. The van der Waals surface area contributed by atoms with E-state index in [1.54, 1.807) is 18.2 Å². The van der Waals surface area contributed by atoms with Crippen LogP contribution in [0.25, 0.3) is 10.9 Å². The minimum absolute atomic E-state index is 0.117. The van der Waals surface area contributed by atoms with Gasteiger partial charge in [-0.2, -0.15) is 0 Å². The van der Waals surface area contributed by atoms with Crippen molar-refractivity contribution in [3.05, 3.63) is 59.3 Å². The van der Waals surface area contributed by atoms with E-state index in [-0.39, 0.29) is 18.1 Å². The van der Waals surface area contributed by atoms with Crippen LogP contribution in [-0.2, 0) is 5.41 Å². The molecule has 0 saturated carbocycles. The van der Waals surface area contributed by atoms with Crippen LogP contribution in [0.1, 0.15) is 35.5 Å². The lowest BCUT2D eigenvalue weighted by atomic mass is 9.82. The third-order valence-electron chi connectivity index (χ3n) is 4.90. The number of para-hydroxylation sites is 1. The molecule has 1 aliphatic heterocycles. The SMILES string of the molecule is Cc1[nH]c2ccccc2c1C(C)(C)CNC(=O)c1ccc2c(c1)OCO2. The number of ether oxygens (including phenoxy) is 2. The molecule has 0 atom stereocenters. The summed E-state index contributed by atoms with van der Waals surface area (Å²) in [6, 6.07) is 13.5. The van der Waals surface area contributed by atoms with E-state index >= 15 is 0 Å². The predicted molar refractivity (Wildman–Crippen MR) is 101 cm³/mol. The minimum Gasteiger partial charge on any atom is -0.454 e. The van der Waals surface area contributed by atoms with Crippen molar-refractivity contribution in [1.29, 1.82) is 0 Å². The highest BCUT2D eigenvalue weighted by atomic mass is 16.7. The van der Waals surface area contributed by atoms with Crippen molar-refractivity contribution in [2.24, 2.45) is 0 Å². The lowest BCUT2D eigenvalue weighted by Crippen LogP contribution is -2.37. The van der Waals surface area contributed by atoms with Gasteiger partial charge in [-0.05, 0) is 36.8 Å². The second-order valence-corrected chi connectivity index (χ2v) is 7.31. The molecule has 0 fully saturated rings. The average Bonchev–Trinajstić information content (AvgIpc) is 3.22. The smallest absolute Gasteiger partial charge is 0.251 e. The highest BCUT2D eigenvalue weighted by Crippen LogP contribution is 2.34. The molecule has 2 N–H and O–H groups in total. The summed E-state index contributed by atoms with van der Waals surface area (Å²) in [5.74, 6) is 1.18. The molecule has 1 aliphatic rings. The number of aromatic nitrogens is 1. The van der Waals surface area contributed by atoms with Crippen LogP contribution in [0, 0.1) is 6.92 Å². The number of hydrogen-bond donors (Lipinski definition) is 2. The maximum Gasteiger partial charge on any atom is 0.251 e. The summed E-state index contributed by atoms with van der Waals surface area (Å²) in [6.45, 7) is 7.11. The third kappa shape index (κ3) is 2.79. The molecule has 0 bridgehead atoms. The van der Waals surface area contributed by atoms with Gasteiger partial charge in [-0.25, -0.2) is 0 Å². The zero-order valence-corrected chi connectivity index (χ0v) is 15.2. The van der Waals surface area contributed by atoms with Crippen LogP contribution in [0.5, 0.6) is 11.5 Å². The molecule has 2 heterocycles. The Balaban J connectivity index is 1.54. The van der Waals surface area contributed by atoms with Gasteiger partial charge in [0.2, 0.25) is 6.79 Å². The molecule has 134 valence electrons. The predicted octanol–water partition coefficient (Wildman–Crippen LogP) is 3.91. The molecule has 26 heavy (non-hydrogen) atoms. The standard InChI is InChI=1S/C21H22N2O3/c1-13-19(15-6-4-5-7-16(15)23-13)21(2,3)11-22-20(24)14-8-9-17-18(10-14)26-12-25-17/h4-10,23H,11-12H2,1-3H3,(H,22,24). The zero-order chi connectivity index (χ0) is 18.3. The van der Waals surface area contributed by atoms with E-state index in [0.29, 0.717) is 23.6 Å². The fourth-order valence-electron chi connectivity index (χ4n) is 3.68. The molecule has 5 heteroatoms. The fourth-order valence-corrected chi connectivity index (χ4v) is 3.68. The number of benzene rings is 2. The van der Waals surface area contributed by atoms with Gasteiger partial charge >= 0.3 is 0 Å². The third-order valence-corrected chi connectivity index (χ3v) is 4.90. The zero-order valence-electron chi connectivity index (χ0n) is 15.2. The lowest BCUT2D eigenvalue weighted by Gasteiger charge is -2.26. The molecule has 2 aromatic carbocycles. The van der Waals surface area contributed by atoms with Gasteiger partial charge < -0.3 is 19.8 Å². The average molecular weight is 350 g/mol. The van der Waals surface area contributed by atoms with Crippen LogP contribution < -0.4 is 14.8 Å². The number of amides is 1. The number of fused-ring (bicyclic) bond motifs is 2. The highest BCUT2D eigenvalue weighted by molar-refractivity contribution is 5.95. The monoisotopic (exact) mass is 350 g/mol. The van der Waals surface area contributed by atoms with Gasteiger partial charge in [0.15, 0.2) is 11.5 Å². The summed E-state index contributed by atoms with van der Waals surface area (Å²) < 4.78 is 10.6. The Morgan fingerprint density at radius 1 is 1.15 bits per heavy atom. The van der Waals surface area contributed by atoms with Crippen molar-refractivity contribution >= 4 is 16.8 Å². The van der Waals surface area contributed by atoms with Gasteiger partial charge in [0, 0.05) is 34.1 Å². The van der Waals surface area contributed by atoms with E-state index in [9.17, 15) is 4.79 Å². The van der Waals surface area contributed by atoms with Crippen LogP contribution in [0.4, 0.5) is 0 Å². The fraction of sp³-hybridized carbons (Fsp3) is 0.286. The van der Waals surface area contributed by atoms with Crippen molar-refractivity contribution in [2.75, 3.05) is 13.3 Å². The lowest BCUT2D eigenvalue weighted by molar-refractivity contribution is 0.0945. The molecule has 0 radical (unpaired) electrons. The number of carbonyl (C=O) groups excluding carboxylic acids is 1. The summed E-state index contributed by atoms with van der Waals surface area (Å²) in [5.41, 5.74) is 3.85. The van der Waals surface area contributed by atoms with Gasteiger partial charge in [-0.15, -0.1) is 0 Å². The van der Waals surface area contributed by atoms with Crippen molar-refractivity contribution in [3.63, 3.8) is 0 Å². The second kappa shape index (κ2) is 6.09. The molecule has 4 rings (SSSR count). The van der Waals surface area contributed by atoms with Crippen molar-refractivity contribution < 1.29 is 14.3 Å². The molecular formula is C21H22N2O3. The molecule has 1 amide bonds. The first kappa shape index (κ1) is 16.5. The Morgan fingerprint density at radius 2 is 1.92 bits per heavy atom. The number of carbonyl (C=O) groups is 1. The maximum absolute atomic E-state index is 12.6. The first-order valence-electron chi connectivity index (χ1n) is 8.71. The molecular weight excluding hydrogens is 328 g/mol. The summed E-state index contributed by atoms with van der Waals surface area (Å²) in [4.78, 5) is 16.0. The van der Waals surface area contributed by atoms with Gasteiger partial charge in [0.05, 0.1) is 0 Å². The molecule has 0 aliphatic carbocycles. The molecule has 0 unspecified atom stereocenters. The number of aryl methyl sites for hydroxylation is 1. The summed E-state index contributed by atoms with van der Waals surface area (Å²) >= 11 is 0. The van der Waals surface area contributed by atoms with Gasteiger partial charge in [0.25, 0.3) is 5.91 Å². The van der Waals surface area contributed by atoms with Crippen LogP contribution in [-0.4, -0.2) is 24.2 Å². The number of hydrogen-bond acceptors (Lipinski definition) is 3. The second-order valence-electron chi connectivity index (χ2n) is 7.31. The Hall–Kier alpha value is -2.95. The quantitative estimate of drug-likeness (QED) is 0.750. The summed E-state index contributed by atoms with van der Waals surface area (Å²) in [6.07, 6.45) is 0. The van der Waals surface area contributed by atoms with Crippen LogP contribution in [0.15, 0.2) is 42.5 Å². The van der Waals surface area contributed by atoms with E-state index < -0.39 is 0 Å². The van der Waals surface area contributed by atoms with Crippen LogP contribution in [0.2, 0.25) is 0 Å². The van der Waals surface area contributed by atoms with E-state index in [2.05, 4.69) is 43.2 Å². The Morgan fingerprint density at radius 3 is 2.77 bits per heavy atom. The normalized spacial score (nSPS) is 13.2. The van der Waals surface area contributed by atoms with E-state index in [4.69, 9.17) is 9.47 Å². The Bertz CT molecular complexity index is 988. The van der Waals surface area contributed by atoms with E-state index in [1.165, 1.54) is 10.9 Å². The molecule has 1 aromatic heterocycles. The van der Waals surface area contributed by atoms with Crippen molar-refractivity contribution in [1.82, 2.24) is 10.3 Å². The molecule has 0 spiro atoms. The van der Waals surface area contributed by atoms with Crippen molar-refractivity contribution in [3.8, 4) is 11.5 Å². The van der Waals surface area contributed by atoms with E-state index in [1.807, 2.05) is 12.1 Å². The summed E-state index contributed by atoms with van der Waals surface area (Å²) in [7, 11) is 0. The molecule has 5 nitrogen and oxygen atoms in total. The van der Waals surface area contributed by atoms with E-state index in [0.717, 1.165) is 11.2 Å². The first-order valence-corrected chi connectivity index (χ1v) is 8.71. The number of rotatable bonds is 4. The number of nitrogens with one attached hydrogen (secondary N) is 2. The highest BCUT2D eigenvalue weighted by Gasteiger charge is 2.27. The molecule has 3 aromatic rings. The maximum atomic E-state index is 12.6. The topological polar surface area (TPSA) is 63.4 Å². The van der Waals surface area contributed by atoms with Crippen molar-refractivity contribution in [2.45, 2.75) is 26.2 Å². The largest absolute Gasteiger partial charge is 0.454 e. The van der Waals surface area contributed by atoms with Gasteiger partial charge in [-0.3, -0.25) is 4.79 Å². The van der Waals surface area contributed by atoms with Gasteiger partial charge in [-0.1, -0.05) is 32.0 Å². The Kier molecular flexibility index (Phi) is 3.87. The van der Waals surface area contributed by atoms with Crippen LogP contribution >= 0.6 is 0 Å². The number of H-pyrrole nitrogens is 1.